The van der Waals surface area contributed by atoms with E-state index in [9.17, 15) is 0 Å². The monoisotopic (exact) mass is 266 g/mol. The maximum atomic E-state index is 5.77. The van der Waals surface area contributed by atoms with Crippen LogP contribution in [-0.4, -0.2) is 14.7 Å². The van der Waals surface area contributed by atoms with Crippen molar-refractivity contribution in [3.63, 3.8) is 0 Å². The standard InChI is InChI=1S/C14H26N2OSi/c1-14(2,3)18(4,5)9-8-17-11-6-7-12(15)13(16)10-11/h6-7,10H,8-9,15-16H2,1-5H3. The second-order valence-corrected chi connectivity index (χ2v) is 12.3. The molecule has 0 bridgehead atoms. The summed E-state index contributed by atoms with van der Waals surface area (Å²) < 4.78 is 5.77. The minimum atomic E-state index is -1.26. The topological polar surface area (TPSA) is 61.3 Å². The molecule has 102 valence electrons. The highest BCUT2D eigenvalue weighted by Gasteiger charge is 2.34. The highest BCUT2D eigenvalue weighted by atomic mass is 28.3. The van der Waals surface area contributed by atoms with Crippen LogP contribution in [0.15, 0.2) is 18.2 Å². The van der Waals surface area contributed by atoms with Gasteiger partial charge in [0.25, 0.3) is 0 Å². The van der Waals surface area contributed by atoms with Gasteiger partial charge in [-0.3, -0.25) is 0 Å². The summed E-state index contributed by atoms with van der Waals surface area (Å²) in [5.74, 6) is 0.806. The molecule has 1 aromatic rings. The number of nitrogens with two attached hydrogens (primary N) is 2. The summed E-state index contributed by atoms with van der Waals surface area (Å²) in [7, 11) is -1.26. The highest BCUT2D eigenvalue weighted by Crippen LogP contribution is 2.38. The second-order valence-electron chi connectivity index (χ2n) is 6.52. The zero-order chi connectivity index (χ0) is 14.0. The van der Waals surface area contributed by atoms with E-state index < -0.39 is 8.07 Å². The first-order valence-electron chi connectivity index (χ1n) is 6.41. The van der Waals surface area contributed by atoms with E-state index in [1.165, 1.54) is 0 Å². The molecule has 0 fully saturated rings. The van der Waals surface area contributed by atoms with E-state index in [0.29, 0.717) is 16.4 Å². The van der Waals surface area contributed by atoms with Gasteiger partial charge in [-0.2, -0.15) is 0 Å². The van der Waals surface area contributed by atoms with Crippen LogP contribution in [0.3, 0.4) is 0 Å². The van der Waals surface area contributed by atoms with Crippen LogP contribution in [0.2, 0.25) is 24.2 Å². The van der Waals surface area contributed by atoms with Gasteiger partial charge >= 0.3 is 0 Å². The Bertz CT molecular complexity index is 411. The van der Waals surface area contributed by atoms with Crippen molar-refractivity contribution in [3.05, 3.63) is 18.2 Å². The predicted octanol–water partition coefficient (Wildman–Crippen LogP) is 3.74. The maximum absolute atomic E-state index is 5.77. The van der Waals surface area contributed by atoms with Gasteiger partial charge in [0.15, 0.2) is 0 Å². The van der Waals surface area contributed by atoms with Gasteiger partial charge in [-0.15, -0.1) is 0 Å². The Kier molecular flexibility index (Phi) is 4.32. The molecule has 18 heavy (non-hydrogen) atoms. The maximum Gasteiger partial charge on any atom is 0.121 e. The Morgan fingerprint density at radius 1 is 1.11 bits per heavy atom. The third kappa shape index (κ3) is 3.67. The number of hydrogen-bond acceptors (Lipinski definition) is 3. The molecule has 0 aliphatic carbocycles. The van der Waals surface area contributed by atoms with Crippen molar-refractivity contribution >= 4 is 19.4 Å². The number of rotatable bonds is 4. The Hall–Kier alpha value is -1.16. The summed E-state index contributed by atoms with van der Waals surface area (Å²) in [6.45, 7) is 12.5. The molecule has 1 rings (SSSR count). The van der Waals surface area contributed by atoms with E-state index in [-0.39, 0.29) is 0 Å². The van der Waals surface area contributed by atoms with Crippen molar-refractivity contribution < 1.29 is 4.74 Å². The summed E-state index contributed by atoms with van der Waals surface area (Å²) in [6.07, 6.45) is 0. The molecule has 0 saturated carbocycles. The zero-order valence-corrected chi connectivity index (χ0v) is 13.2. The zero-order valence-electron chi connectivity index (χ0n) is 12.2. The molecule has 0 saturated heterocycles. The Morgan fingerprint density at radius 2 is 1.72 bits per heavy atom. The van der Waals surface area contributed by atoms with E-state index in [4.69, 9.17) is 16.2 Å². The molecular weight excluding hydrogens is 240 g/mol. The minimum absolute atomic E-state index is 0.399. The van der Waals surface area contributed by atoms with Crippen molar-refractivity contribution in [2.24, 2.45) is 0 Å². The Balaban J connectivity index is 2.54. The number of hydrogen-bond donors (Lipinski definition) is 2. The summed E-state index contributed by atoms with van der Waals surface area (Å²) in [5, 5.41) is 0.399. The van der Waals surface area contributed by atoms with E-state index in [2.05, 4.69) is 33.9 Å². The lowest BCUT2D eigenvalue weighted by Gasteiger charge is -2.36. The summed E-state index contributed by atoms with van der Waals surface area (Å²) in [6, 6.07) is 6.59. The Morgan fingerprint density at radius 3 is 2.22 bits per heavy atom. The van der Waals surface area contributed by atoms with Crippen LogP contribution in [0.1, 0.15) is 20.8 Å². The van der Waals surface area contributed by atoms with Crippen molar-refractivity contribution in [2.45, 2.75) is 44.9 Å². The number of ether oxygens (including phenoxy) is 1. The SMILES string of the molecule is CC(C)(C)[Si](C)(C)CCOc1ccc(N)c(N)c1. The van der Waals surface area contributed by atoms with E-state index in [1.807, 2.05) is 6.07 Å². The lowest BCUT2D eigenvalue weighted by Crippen LogP contribution is -2.38. The third-order valence-electron chi connectivity index (χ3n) is 4.08. The van der Waals surface area contributed by atoms with Crippen LogP contribution in [-0.2, 0) is 0 Å². The normalized spacial score (nSPS) is 12.5. The second kappa shape index (κ2) is 5.22. The lowest BCUT2D eigenvalue weighted by atomic mass is 10.2. The van der Waals surface area contributed by atoms with Gasteiger partial charge in [0.1, 0.15) is 5.75 Å². The molecule has 0 aliphatic rings. The molecular formula is C14H26N2OSi. The first kappa shape index (κ1) is 14.9. The summed E-state index contributed by atoms with van der Waals surface area (Å²) >= 11 is 0. The third-order valence-corrected chi connectivity index (χ3v) is 9.60. The summed E-state index contributed by atoms with van der Waals surface area (Å²) in [4.78, 5) is 0. The van der Waals surface area contributed by atoms with Crippen LogP contribution in [0, 0.1) is 0 Å². The van der Waals surface area contributed by atoms with Crippen LogP contribution >= 0.6 is 0 Å². The quantitative estimate of drug-likeness (QED) is 0.644. The van der Waals surface area contributed by atoms with Crippen molar-refractivity contribution in [1.82, 2.24) is 0 Å². The molecule has 0 spiro atoms. The van der Waals surface area contributed by atoms with Gasteiger partial charge in [-0.1, -0.05) is 33.9 Å². The van der Waals surface area contributed by atoms with E-state index in [1.54, 1.807) is 12.1 Å². The molecule has 4 heteroatoms. The van der Waals surface area contributed by atoms with Crippen LogP contribution < -0.4 is 16.2 Å². The van der Waals surface area contributed by atoms with Crippen molar-refractivity contribution in [2.75, 3.05) is 18.1 Å². The fourth-order valence-corrected chi connectivity index (χ4v) is 2.80. The average Bonchev–Trinajstić information content (AvgIpc) is 2.21. The van der Waals surface area contributed by atoms with E-state index in [0.717, 1.165) is 18.4 Å². The number of benzene rings is 1. The molecule has 0 radical (unpaired) electrons. The fourth-order valence-electron chi connectivity index (χ4n) is 1.44. The lowest BCUT2D eigenvalue weighted by molar-refractivity contribution is 0.337. The molecule has 4 N–H and O–H groups in total. The molecule has 0 amide bonds. The summed E-state index contributed by atoms with van der Waals surface area (Å²) in [5.41, 5.74) is 12.6. The van der Waals surface area contributed by atoms with E-state index >= 15 is 0 Å². The first-order valence-corrected chi connectivity index (χ1v) is 9.62. The largest absolute Gasteiger partial charge is 0.494 e. The predicted molar refractivity (Wildman–Crippen MR) is 82.8 cm³/mol. The Labute approximate surface area is 112 Å². The molecule has 1 aromatic carbocycles. The van der Waals surface area contributed by atoms with Gasteiger partial charge in [0, 0.05) is 6.07 Å². The average molecular weight is 266 g/mol. The number of nitrogen functional groups attached to an aromatic ring is 2. The van der Waals surface area contributed by atoms with Gasteiger partial charge in [-0.25, -0.2) is 0 Å². The van der Waals surface area contributed by atoms with Crippen LogP contribution in [0.25, 0.3) is 0 Å². The molecule has 3 nitrogen and oxygen atoms in total. The molecule has 0 unspecified atom stereocenters. The number of anilines is 2. The first-order chi connectivity index (χ1) is 8.13. The van der Waals surface area contributed by atoms with Gasteiger partial charge in [-0.05, 0) is 23.2 Å². The molecule has 0 atom stereocenters. The van der Waals surface area contributed by atoms with Crippen LogP contribution in [0.5, 0.6) is 5.75 Å². The molecule has 0 heterocycles. The van der Waals surface area contributed by atoms with Gasteiger partial charge in [0.05, 0.1) is 26.1 Å². The smallest absolute Gasteiger partial charge is 0.121 e. The van der Waals surface area contributed by atoms with Gasteiger partial charge in [0.2, 0.25) is 0 Å². The van der Waals surface area contributed by atoms with Crippen LogP contribution in [0.4, 0.5) is 11.4 Å². The van der Waals surface area contributed by atoms with Crippen molar-refractivity contribution in [3.8, 4) is 5.75 Å². The highest BCUT2D eigenvalue weighted by molar-refractivity contribution is 6.80. The van der Waals surface area contributed by atoms with Gasteiger partial charge < -0.3 is 16.2 Å². The molecule has 0 aromatic heterocycles. The van der Waals surface area contributed by atoms with Crippen molar-refractivity contribution in [1.29, 1.82) is 0 Å². The fraction of sp³-hybridized carbons (Fsp3) is 0.571. The minimum Gasteiger partial charge on any atom is -0.494 e. The molecule has 0 aliphatic heterocycles.